The summed E-state index contributed by atoms with van der Waals surface area (Å²) in [7, 11) is 0. The summed E-state index contributed by atoms with van der Waals surface area (Å²) in [6, 6.07) is 4.16. The summed E-state index contributed by atoms with van der Waals surface area (Å²) >= 11 is 0. The van der Waals surface area contributed by atoms with E-state index in [1.165, 1.54) is 32.1 Å². The van der Waals surface area contributed by atoms with Crippen molar-refractivity contribution in [3.05, 3.63) is 23.9 Å². The molecule has 0 aromatic carbocycles. The van der Waals surface area contributed by atoms with Gasteiger partial charge in [-0.05, 0) is 37.3 Å². The molecule has 1 amide bonds. The van der Waals surface area contributed by atoms with Crippen LogP contribution in [-0.4, -0.2) is 24.0 Å². The summed E-state index contributed by atoms with van der Waals surface area (Å²) in [6.07, 6.45) is 10.2. The van der Waals surface area contributed by atoms with Gasteiger partial charge < -0.3 is 10.2 Å². The van der Waals surface area contributed by atoms with Gasteiger partial charge in [-0.15, -0.1) is 0 Å². The van der Waals surface area contributed by atoms with Gasteiger partial charge >= 0.3 is 0 Å². The van der Waals surface area contributed by atoms with Crippen molar-refractivity contribution >= 4 is 11.7 Å². The van der Waals surface area contributed by atoms with Gasteiger partial charge in [0, 0.05) is 31.7 Å². The molecule has 3 rings (SSSR count). The fourth-order valence-electron chi connectivity index (χ4n) is 3.35. The average molecular weight is 287 g/mol. The van der Waals surface area contributed by atoms with Gasteiger partial charge in [0.25, 0.3) is 0 Å². The van der Waals surface area contributed by atoms with Crippen LogP contribution in [0.2, 0.25) is 0 Å². The first kappa shape index (κ1) is 14.4. The van der Waals surface area contributed by atoms with Gasteiger partial charge in [-0.3, -0.25) is 4.79 Å². The van der Waals surface area contributed by atoms with Crippen molar-refractivity contribution in [1.82, 2.24) is 10.3 Å². The number of rotatable bonds is 4. The molecule has 1 saturated heterocycles. The van der Waals surface area contributed by atoms with E-state index in [-0.39, 0.29) is 11.8 Å². The van der Waals surface area contributed by atoms with E-state index < -0.39 is 0 Å². The average Bonchev–Trinajstić information content (AvgIpc) is 3.08. The highest BCUT2D eigenvalue weighted by molar-refractivity contribution is 5.78. The topological polar surface area (TPSA) is 45.2 Å². The predicted molar refractivity (Wildman–Crippen MR) is 84.1 cm³/mol. The Hall–Kier alpha value is -1.58. The van der Waals surface area contributed by atoms with Crippen molar-refractivity contribution < 1.29 is 4.79 Å². The van der Waals surface area contributed by atoms with E-state index in [0.29, 0.717) is 6.54 Å². The van der Waals surface area contributed by atoms with Crippen LogP contribution < -0.4 is 10.2 Å². The maximum atomic E-state index is 12.1. The molecule has 1 aromatic heterocycles. The molecule has 0 spiro atoms. The van der Waals surface area contributed by atoms with E-state index in [9.17, 15) is 4.79 Å². The van der Waals surface area contributed by atoms with Crippen molar-refractivity contribution in [2.45, 2.75) is 51.5 Å². The van der Waals surface area contributed by atoms with Crippen molar-refractivity contribution in [2.24, 2.45) is 5.92 Å². The smallest absolute Gasteiger partial charge is 0.223 e. The third kappa shape index (κ3) is 3.74. The minimum atomic E-state index is 0.221. The zero-order valence-corrected chi connectivity index (χ0v) is 12.7. The van der Waals surface area contributed by atoms with E-state index in [2.05, 4.69) is 27.3 Å². The van der Waals surface area contributed by atoms with E-state index in [1.54, 1.807) is 0 Å². The molecule has 0 bridgehead atoms. The minimum absolute atomic E-state index is 0.221. The SMILES string of the molecule is O=C(NCc1ccc(N2CCCC2)nc1)C1CCCCC1. The minimum Gasteiger partial charge on any atom is -0.357 e. The molecule has 1 saturated carbocycles. The molecule has 1 aromatic rings. The second kappa shape index (κ2) is 6.92. The van der Waals surface area contributed by atoms with Crippen LogP contribution in [0.1, 0.15) is 50.5 Å². The third-order valence-electron chi connectivity index (χ3n) is 4.68. The number of carbonyl (C=O) groups is 1. The van der Waals surface area contributed by atoms with Gasteiger partial charge in [0.1, 0.15) is 5.82 Å². The molecule has 0 atom stereocenters. The number of nitrogens with one attached hydrogen (secondary N) is 1. The number of aromatic nitrogens is 1. The monoisotopic (exact) mass is 287 g/mol. The third-order valence-corrected chi connectivity index (χ3v) is 4.68. The molecule has 0 unspecified atom stereocenters. The molecule has 0 radical (unpaired) electrons. The van der Waals surface area contributed by atoms with Gasteiger partial charge in [0.2, 0.25) is 5.91 Å². The van der Waals surface area contributed by atoms with Crippen LogP contribution >= 0.6 is 0 Å². The highest BCUT2D eigenvalue weighted by atomic mass is 16.1. The van der Waals surface area contributed by atoms with Crippen molar-refractivity contribution in [3.8, 4) is 0 Å². The summed E-state index contributed by atoms with van der Waals surface area (Å²) in [5, 5.41) is 3.07. The molecular weight excluding hydrogens is 262 g/mol. The molecule has 1 aliphatic heterocycles. The standard InChI is InChI=1S/C17H25N3O/c21-17(15-6-2-1-3-7-15)19-13-14-8-9-16(18-12-14)20-10-4-5-11-20/h8-9,12,15H,1-7,10-11,13H2,(H,19,21). The van der Waals surface area contributed by atoms with E-state index in [4.69, 9.17) is 0 Å². The van der Waals surface area contributed by atoms with E-state index >= 15 is 0 Å². The van der Waals surface area contributed by atoms with Crippen LogP contribution in [0, 0.1) is 5.92 Å². The fraction of sp³-hybridized carbons (Fsp3) is 0.647. The van der Waals surface area contributed by atoms with Crippen LogP contribution in [0.3, 0.4) is 0 Å². The number of anilines is 1. The zero-order chi connectivity index (χ0) is 14.5. The van der Waals surface area contributed by atoms with Crippen molar-refractivity contribution in [3.63, 3.8) is 0 Å². The summed E-state index contributed by atoms with van der Waals surface area (Å²) in [5.74, 6) is 1.52. The highest BCUT2D eigenvalue weighted by Gasteiger charge is 2.20. The number of pyridine rings is 1. The lowest BCUT2D eigenvalue weighted by Gasteiger charge is -2.21. The van der Waals surface area contributed by atoms with Crippen LogP contribution in [0.5, 0.6) is 0 Å². The van der Waals surface area contributed by atoms with Crippen LogP contribution in [-0.2, 0) is 11.3 Å². The first-order chi connectivity index (χ1) is 10.3. The van der Waals surface area contributed by atoms with Crippen LogP contribution in [0.15, 0.2) is 18.3 Å². The Morgan fingerprint density at radius 2 is 1.90 bits per heavy atom. The molecule has 4 heteroatoms. The lowest BCUT2D eigenvalue weighted by molar-refractivity contribution is -0.126. The maximum absolute atomic E-state index is 12.1. The Kier molecular flexibility index (Phi) is 4.73. The maximum Gasteiger partial charge on any atom is 0.223 e. The Labute approximate surface area is 126 Å². The first-order valence-corrected chi connectivity index (χ1v) is 8.30. The summed E-state index contributed by atoms with van der Waals surface area (Å²) in [4.78, 5) is 19.0. The number of hydrogen-bond donors (Lipinski definition) is 1. The molecule has 2 fully saturated rings. The Morgan fingerprint density at radius 3 is 2.57 bits per heavy atom. The molecule has 114 valence electrons. The number of hydrogen-bond acceptors (Lipinski definition) is 3. The second-order valence-corrected chi connectivity index (χ2v) is 6.27. The number of carbonyl (C=O) groups excluding carboxylic acids is 1. The lowest BCUT2D eigenvalue weighted by atomic mass is 9.88. The summed E-state index contributed by atoms with van der Waals surface area (Å²) < 4.78 is 0. The van der Waals surface area contributed by atoms with E-state index in [0.717, 1.165) is 37.3 Å². The second-order valence-electron chi connectivity index (χ2n) is 6.27. The van der Waals surface area contributed by atoms with Gasteiger partial charge in [-0.2, -0.15) is 0 Å². The quantitative estimate of drug-likeness (QED) is 0.926. The largest absolute Gasteiger partial charge is 0.357 e. The van der Waals surface area contributed by atoms with Crippen molar-refractivity contribution in [1.29, 1.82) is 0 Å². The first-order valence-electron chi connectivity index (χ1n) is 8.30. The molecule has 2 aliphatic rings. The molecule has 1 N–H and O–H groups in total. The number of nitrogens with zero attached hydrogens (tertiary/aromatic N) is 2. The fourth-order valence-corrected chi connectivity index (χ4v) is 3.35. The Morgan fingerprint density at radius 1 is 1.14 bits per heavy atom. The zero-order valence-electron chi connectivity index (χ0n) is 12.7. The Bertz CT molecular complexity index is 459. The number of amides is 1. The van der Waals surface area contributed by atoms with Crippen LogP contribution in [0.4, 0.5) is 5.82 Å². The summed E-state index contributed by atoms with van der Waals surface area (Å²) in [5.41, 5.74) is 1.09. The van der Waals surface area contributed by atoms with Crippen molar-refractivity contribution in [2.75, 3.05) is 18.0 Å². The van der Waals surface area contributed by atoms with Crippen LogP contribution in [0.25, 0.3) is 0 Å². The van der Waals surface area contributed by atoms with Gasteiger partial charge in [-0.1, -0.05) is 25.3 Å². The van der Waals surface area contributed by atoms with Gasteiger partial charge in [0.05, 0.1) is 0 Å². The summed E-state index contributed by atoms with van der Waals surface area (Å²) in [6.45, 7) is 2.83. The molecule has 2 heterocycles. The molecule has 1 aliphatic carbocycles. The molecule has 4 nitrogen and oxygen atoms in total. The van der Waals surface area contributed by atoms with Gasteiger partial charge in [0.15, 0.2) is 0 Å². The molecule has 21 heavy (non-hydrogen) atoms. The Balaban J connectivity index is 1.49. The van der Waals surface area contributed by atoms with Gasteiger partial charge in [-0.25, -0.2) is 4.98 Å². The normalized spacial score (nSPS) is 19.7. The lowest BCUT2D eigenvalue weighted by Crippen LogP contribution is -2.31. The van der Waals surface area contributed by atoms with E-state index in [1.807, 2.05) is 6.20 Å². The molecular formula is C17H25N3O. The highest BCUT2D eigenvalue weighted by Crippen LogP contribution is 2.23. The predicted octanol–water partition coefficient (Wildman–Crippen LogP) is 2.88.